The molecule has 1 atom stereocenters. The fraction of sp³-hybridized carbons (Fsp3) is 0.412. The van der Waals surface area contributed by atoms with Crippen molar-refractivity contribution < 1.29 is 5.11 Å². The highest BCUT2D eigenvalue weighted by Gasteiger charge is 2.24. The first kappa shape index (κ1) is 28.7. The quantitative estimate of drug-likeness (QED) is 0.305. The molecule has 1 aliphatic heterocycles. The summed E-state index contributed by atoms with van der Waals surface area (Å²) in [6.45, 7) is 19.5. The van der Waals surface area contributed by atoms with Crippen molar-refractivity contribution in [1.29, 1.82) is 0 Å². The van der Waals surface area contributed by atoms with E-state index in [9.17, 15) is 5.11 Å². The molecule has 0 radical (unpaired) electrons. The molecule has 2 N–H and O–H groups in total. The smallest absolute Gasteiger partial charge is 0.0916 e. The summed E-state index contributed by atoms with van der Waals surface area (Å²) in [5.41, 5.74) is 8.69. The Morgan fingerprint density at radius 2 is 1.76 bits per heavy atom. The molecule has 0 amide bonds. The number of fused-ring (bicyclic) bond motifs is 1. The van der Waals surface area contributed by atoms with E-state index in [1.165, 1.54) is 38.9 Å². The van der Waals surface area contributed by atoms with Crippen molar-refractivity contribution in [3.8, 4) is 0 Å². The monoisotopic (exact) mass is 498 g/mol. The number of allylic oxidation sites excluding steroid dienone is 5. The van der Waals surface area contributed by atoms with E-state index < -0.39 is 6.10 Å². The third-order valence-electron chi connectivity index (χ3n) is 7.14. The van der Waals surface area contributed by atoms with E-state index >= 15 is 0 Å². The van der Waals surface area contributed by atoms with Crippen LogP contribution in [0.4, 0.5) is 0 Å². The molecule has 198 valence electrons. The van der Waals surface area contributed by atoms with E-state index in [4.69, 9.17) is 0 Å². The van der Waals surface area contributed by atoms with Gasteiger partial charge in [0.15, 0.2) is 0 Å². The summed E-state index contributed by atoms with van der Waals surface area (Å²) in [6, 6.07) is 17.0. The summed E-state index contributed by atoms with van der Waals surface area (Å²) in [5.74, 6) is 0.970. The third-order valence-corrected chi connectivity index (χ3v) is 7.14. The zero-order chi connectivity index (χ0) is 26.9. The van der Waals surface area contributed by atoms with Gasteiger partial charge in [0.1, 0.15) is 0 Å². The minimum absolute atomic E-state index is 0.411. The van der Waals surface area contributed by atoms with Crippen molar-refractivity contribution in [2.45, 2.75) is 72.3 Å². The number of aliphatic hydroxyl groups excluding tert-OH is 1. The van der Waals surface area contributed by atoms with Gasteiger partial charge in [-0.25, -0.2) is 0 Å². The van der Waals surface area contributed by atoms with E-state index in [0.29, 0.717) is 18.4 Å². The van der Waals surface area contributed by atoms with Crippen LogP contribution in [0.5, 0.6) is 0 Å². The summed E-state index contributed by atoms with van der Waals surface area (Å²) < 4.78 is 0. The maximum absolute atomic E-state index is 10.6. The van der Waals surface area contributed by atoms with Gasteiger partial charge in [-0.3, -0.25) is 0 Å². The zero-order valence-electron chi connectivity index (χ0n) is 23.7. The predicted octanol–water partition coefficient (Wildman–Crippen LogP) is 8.77. The van der Waals surface area contributed by atoms with Gasteiger partial charge >= 0.3 is 0 Å². The maximum Gasteiger partial charge on any atom is 0.0916 e. The fourth-order valence-corrected chi connectivity index (χ4v) is 5.43. The number of H-pyrrole nitrogens is 1. The molecule has 3 aromatic rings. The Hall–Kier alpha value is -2.88. The number of piperidine rings is 1. The number of rotatable bonds is 8. The summed E-state index contributed by atoms with van der Waals surface area (Å²) in [6.07, 6.45) is 8.04. The van der Waals surface area contributed by atoms with Crippen LogP contribution in [-0.2, 0) is 0 Å². The fourth-order valence-electron chi connectivity index (χ4n) is 5.43. The van der Waals surface area contributed by atoms with Crippen LogP contribution in [0.1, 0.15) is 94.7 Å². The number of hydrogen-bond donors (Lipinski definition) is 2. The molecule has 1 unspecified atom stereocenters. The van der Waals surface area contributed by atoms with Gasteiger partial charge in [-0.05, 0) is 86.0 Å². The van der Waals surface area contributed by atoms with Crippen LogP contribution in [0.2, 0.25) is 0 Å². The molecule has 0 bridgehead atoms. The normalized spacial score (nSPS) is 15.8. The number of nitrogens with one attached hydrogen (secondary N) is 1. The van der Waals surface area contributed by atoms with Crippen LogP contribution >= 0.6 is 0 Å². The van der Waals surface area contributed by atoms with Gasteiger partial charge in [-0.15, -0.1) is 0 Å². The highest BCUT2D eigenvalue weighted by molar-refractivity contribution is 5.92. The molecule has 0 saturated carbocycles. The van der Waals surface area contributed by atoms with E-state index in [0.717, 1.165) is 31.5 Å². The minimum Gasteiger partial charge on any atom is -0.387 e. The Balaban J connectivity index is 0.00000186. The molecule has 1 aliphatic rings. The van der Waals surface area contributed by atoms with Crippen LogP contribution in [0.15, 0.2) is 78.9 Å². The molecule has 3 nitrogen and oxygen atoms in total. The van der Waals surface area contributed by atoms with Crippen molar-refractivity contribution in [3.63, 3.8) is 0 Å². The summed E-state index contributed by atoms with van der Waals surface area (Å²) in [5, 5.41) is 12.0. The molecular weight excluding hydrogens is 452 g/mol. The summed E-state index contributed by atoms with van der Waals surface area (Å²) in [4.78, 5) is 6.12. The van der Waals surface area contributed by atoms with Gasteiger partial charge in [0.25, 0.3) is 0 Å². The first-order valence-corrected chi connectivity index (χ1v) is 14.0. The molecule has 4 rings (SSSR count). The molecule has 1 saturated heterocycles. The number of aliphatic hydroxyl groups is 1. The van der Waals surface area contributed by atoms with E-state index in [1.807, 2.05) is 50.3 Å². The Morgan fingerprint density at radius 1 is 1.08 bits per heavy atom. The summed E-state index contributed by atoms with van der Waals surface area (Å²) in [7, 11) is 0. The number of benzene rings is 2. The minimum atomic E-state index is -0.422. The lowest BCUT2D eigenvalue weighted by atomic mass is 9.87. The first-order valence-electron chi connectivity index (χ1n) is 14.0. The highest BCUT2D eigenvalue weighted by atomic mass is 16.3. The number of aromatic nitrogens is 1. The first-order chi connectivity index (χ1) is 17.9. The highest BCUT2D eigenvalue weighted by Crippen LogP contribution is 2.37. The lowest BCUT2D eigenvalue weighted by Crippen LogP contribution is -2.36. The second kappa shape index (κ2) is 13.6. The van der Waals surface area contributed by atoms with Crippen LogP contribution in [0.25, 0.3) is 16.5 Å². The molecular formula is C34H46N2O. The molecule has 1 aromatic heterocycles. The number of aromatic amines is 1. The van der Waals surface area contributed by atoms with Crippen molar-refractivity contribution in [3.05, 3.63) is 101 Å². The largest absolute Gasteiger partial charge is 0.387 e. The Labute approximate surface area is 224 Å². The van der Waals surface area contributed by atoms with Crippen LogP contribution in [-0.4, -0.2) is 34.6 Å². The van der Waals surface area contributed by atoms with Crippen LogP contribution < -0.4 is 0 Å². The topological polar surface area (TPSA) is 39.3 Å². The zero-order valence-corrected chi connectivity index (χ0v) is 23.7. The third kappa shape index (κ3) is 7.12. The summed E-state index contributed by atoms with van der Waals surface area (Å²) >= 11 is 0. The average Bonchev–Trinajstić information content (AvgIpc) is 3.29. The number of likely N-dealkylation sites (tertiary alicyclic amines) is 1. The van der Waals surface area contributed by atoms with Gasteiger partial charge in [0, 0.05) is 23.1 Å². The second-order valence-electron chi connectivity index (χ2n) is 10.5. The SMILES string of the molecule is C=C/C=C(\C=C(C)C)c1[nH]c2ccc(C3CCN(CC(O)c4ccccc4)CC3)cc2c1C(C)C.CC. The van der Waals surface area contributed by atoms with Gasteiger partial charge in [0.2, 0.25) is 0 Å². The number of nitrogens with zero attached hydrogens (tertiary/aromatic N) is 1. The molecule has 37 heavy (non-hydrogen) atoms. The average molecular weight is 499 g/mol. The van der Waals surface area contributed by atoms with Crippen LogP contribution in [0.3, 0.4) is 0 Å². The second-order valence-corrected chi connectivity index (χ2v) is 10.5. The number of hydrogen-bond acceptors (Lipinski definition) is 2. The Kier molecular flexibility index (Phi) is 10.5. The molecule has 0 spiro atoms. The Morgan fingerprint density at radius 3 is 2.35 bits per heavy atom. The van der Waals surface area contributed by atoms with Crippen LogP contribution in [0, 0.1) is 0 Å². The molecule has 3 heteroatoms. The Bertz CT molecular complexity index is 1200. The maximum atomic E-state index is 10.6. The molecule has 2 aromatic carbocycles. The van der Waals surface area contributed by atoms with E-state index in [1.54, 1.807) is 0 Å². The molecule has 0 aliphatic carbocycles. The number of β-amino-alcohol motifs (C(OH)–C–C–N with tert-alkyl or cyclic N) is 1. The van der Waals surface area contributed by atoms with Gasteiger partial charge in [0.05, 0.1) is 6.10 Å². The lowest BCUT2D eigenvalue weighted by Gasteiger charge is -2.33. The van der Waals surface area contributed by atoms with Gasteiger partial charge in [-0.1, -0.05) is 94.5 Å². The molecule has 2 heterocycles. The van der Waals surface area contributed by atoms with E-state index in [2.05, 4.69) is 74.5 Å². The van der Waals surface area contributed by atoms with Crippen molar-refractivity contribution in [1.82, 2.24) is 9.88 Å². The van der Waals surface area contributed by atoms with Gasteiger partial charge in [-0.2, -0.15) is 0 Å². The van der Waals surface area contributed by atoms with Crippen molar-refractivity contribution >= 4 is 16.5 Å². The van der Waals surface area contributed by atoms with Crippen molar-refractivity contribution in [2.24, 2.45) is 0 Å². The lowest BCUT2D eigenvalue weighted by molar-refractivity contribution is 0.0973. The van der Waals surface area contributed by atoms with Crippen molar-refractivity contribution in [2.75, 3.05) is 19.6 Å². The predicted molar refractivity (Wildman–Crippen MR) is 161 cm³/mol. The molecule has 1 fully saturated rings. The van der Waals surface area contributed by atoms with Gasteiger partial charge < -0.3 is 15.0 Å². The standard InChI is InChI=1S/C32H40N2O.C2H6/c1-6-10-27(19-22(2)3)32-31(23(4)5)28-20-26(13-14-29(28)33-32)24-15-17-34(18-16-24)21-30(35)25-11-8-7-9-12-25;1-2/h6-14,19-20,23-24,30,33,35H,1,15-18,21H2,2-5H3;1-2H3/b27-10+;. The van der Waals surface area contributed by atoms with E-state index in [-0.39, 0.29) is 0 Å².